The van der Waals surface area contributed by atoms with Gasteiger partial charge in [0.25, 0.3) is 0 Å². The largest absolute Gasteiger partial charge is 0.496 e. The van der Waals surface area contributed by atoms with Gasteiger partial charge in [-0.3, -0.25) is 0 Å². The Hall–Kier alpha value is -3.72. The third-order valence-corrected chi connectivity index (χ3v) is 4.33. The van der Waals surface area contributed by atoms with E-state index in [1.807, 2.05) is 0 Å². The summed E-state index contributed by atoms with van der Waals surface area (Å²) in [6.07, 6.45) is 1.55. The standard InChI is InChI=1S/C19H16N2O7/c1-23-14-4-3-10(5-12(14)19(22)27-20)13-8-21-28-17(13)11-6-15(24-2)18-16(7-11)25-9-26-18/h3-8H,9,20H2,1-2H3. The SMILES string of the molecule is COc1ccc(-c2cnoc2-c2cc(OC)c3c(c2)OCO3)cc1C(=O)ON. The Bertz CT molecular complexity index is 1040. The van der Waals surface area contributed by atoms with Crippen molar-refractivity contribution in [2.24, 2.45) is 5.90 Å². The van der Waals surface area contributed by atoms with E-state index in [0.717, 1.165) is 0 Å². The highest BCUT2D eigenvalue weighted by Crippen LogP contribution is 2.45. The van der Waals surface area contributed by atoms with Crippen molar-refractivity contribution in [2.45, 2.75) is 0 Å². The van der Waals surface area contributed by atoms with Crippen molar-refractivity contribution in [1.82, 2.24) is 5.16 Å². The van der Waals surface area contributed by atoms with E-state index in [9.17, 15) is 4.79 Å². The number of hydrogen-bond donors (Lipinski definition) is 1. The number of carbonyl (C=O) groups excluding carboxylic acids is 1. The number of fused-ring (bicyclic) bond motifs is 1. The Labute approximate surface area is 159 Å². The molecule has 9 heteroatoms. The molecule has 2 heterocycles. The Morgan fingerprint density at radius 3 is 2.64 bits per heavy atom. The van der Waals surface area contributed by atoms with E-state index in [0.29, 0.717) is 45.4 Å². The monoisotopic (exact) mass is 384 g/mol. The van der Waals surface area contributed by atoms with Crippen LogP contribution in [-0.4, -0.2) is 32.1 Å². The van der Waals surface area contributed by atoms with Crippen LogP contribution in [0.2, 0.25) is 0 Å². The Kier molecular flexibility index (Phi) is 4.50. The van der Waals surface area contributed by atoms with Crippen LogP contribution < -0.4 is 24.8 Å². The van der Waals surface area contributed by atoms with E-state index < -0.39 is 5.97 Å². The number of ether oxygens (including phenoxy) is 4. The lowest BCUT2D eigenvalue weighted by molar-refractivity contribution is 0.0500. The van der Waals surface area contributed by atoms with E-state index in [4.69, 9.17) is 29.4 Å². The molecule has 0 unspecified atom stereocenters. The average molecular weight is 384 g/mol. The molecule has 1 aliphatic rings. The fourth-order valence-electron chi connectivity index (χ4n) is 3.01. The van der Waals surface area contributed by atoms with E-state index in [1.165, 1.54) is 14.2 Å². The van der Waals surface area contributed by atoms with Crippen LogP contribution in [0.25, 0.3) is 22.5 Å². The fraction of sp³-hybridized carbons (Fsp3) is 0.158. The highest BCUT2D eigenvalue weighted by molar-refractivity contribution is 5.95. The normalized spacial score (nSPS) is 12.0. The predicted octanol–water partition coefficient (Wildman–Crippen LogP) is 2.79. The summed E-state index contributed by atoms with van der Waals surface area (Å²) in [5, 5.41) is 3.90. The summed E-state index contributed by atoms with van der Waals surface area (Å²) in [7, 11) is 2.99. The van der Waals surface area contributed by atoms with Gasteiger partial charge in [0, 0.05) is 11.1 Å². The molecule has 0 radical (unpaired) electrons. The molecule has 0 amide bonds. The first-order valence-corrected chi connectivity index (χ1v) is 8.18. The van der Waals surface area contributed by atoms with E-state index >= 15 is 0 Å². The molecule has 2 N–H and O–H groups in total. The summed E-state index contributed by atoms with van der Waals surface area (Å²) in [4.78, 5) is 16.3. The predicted molar refractivity (Wildman–Crippen MR) is 96.2 cm³/mol. The summed E-state index contributed by atoms with van der Waals surface area (Å²) in [5.74, 6) is 6.69. The number of benzene rings is 2. The Morgan fingerprint density at radius 2 is 1.89 bits per heavy atom. The summed E-state index contributed by atoms with van der Waals surface area (Å²) in [5.41, 5.74) is 2.16. The van der Waals surface area contributed by atoms with E-state index in [1.54, 1.807) is 36.5 Å². The van der Waals surface area contributed by atoms with Crippen molar-refractivity contribution in [2.75, 3.05) is 21.0 Å². The van der Waals surface area contributed by atoms with Crippen LogP contribution in [0.15, 0.2) is 41.1 Å². The maximum atomic E-state index is 12.0. The molecule has 0 saturated heterocycles. The lowest BCUT2D eigenvalue weighted by Gasteiger charge is -2.10. The van der Waals surface area contributed by atoms with Crippen molar-refractivity contribution in [3.05, 3.63) is 42.1 Å². The zero-order chi connectivity index (χ0) is 19.7. The van der Waals surface area contributed by atoms with E-state index in [-0.39, 0.29) is 12.4 Å². The van der Waals surface area contributed by atoms with Gasteiger partial charge in [0.05, 0.1) is 20.4 Å². The molecular weight excluding hydrogens is 368 g/mol. The number of rotatable bonds is 5. The summed E-state index contributed by atoms with van der Waals surface area (Å²) in [6, 6.07) is 8.53. The summed E-state index contributed by atoms with van der Waals surface area (Å²) < 4.78 is 26.9. The van der Waals surface area contributed by atoms with Gasteiger partial charge in [-0.15, -0.1) is 0 Å². The van der Waals surface area contributed by atoms with Crippen LogP contribution in [0.4, 0.5) is 0 Å². The first-order chi connectivity index (χ1) is 13.7. The van der Waals surface area contributed by atoms with Gasteiger partial charge in [-0.05, 0) is 29.8 Å². The number of methoxy groups -OCH3 is 2. The van der Waals surface area contributed by atoms with Gasteiger partial charge in [0.2, 0.25) is 12.5 Å². The second-order valence-electron chi connectivity index (χ2n) is 5.80. The number of hydrogen-bond acceptors (Lipinski definition) is 9. The van der Waals surface area contributed by atoms with Crippen LogP contribution in [0.3, 0.4) is 0 Å². The third kappa shape index (κ3) is 2.87. The number of nitrogens with zero attached hydrogens (tertiary/aromatic N) is 1. The molecule has 144 valence electrons. The smallest absolute Gasteiger partial charge is 0.360 e. The minimum atomic E-state index is -0.721. The summed E-state index contributed by atoms with van der Waals surface area (Å²) in [6.45, 7) is 0.113. The maximum Gasteiger partial charge on any atom is 0.360 e. The highest BCUT2D eigenvalue weighted by atomic mass is 16.7. The Balaban J connectivity index is 1.82. The lowest BCUT2D eigenvalue weighted by atomic mass is 9.99. The van der Waals surface area contributed by atoms with Crippen LogP contribution >= 0.6 is 0 Å². The van der Waals surface area contributed by atoms with Gasteiger partial charge in [-0.2, -0.15) is 5.90 Å². The number of carbonyl (C=O) groups is 1. The first-order valence-electron chi connectivity index (χ1n) is 8.18. The fourth-order valence-corrected chi connectivity index (χ4v) is 3.01. The molecule has 2 aromatic carbocycles. The summed E-state index contributed by atoms with van der Waals surface area (Å²) >= 11 is 0. The van der Waals surface area contributed by atoms with Crippen molar-refractivity contribution in [3.8, 4) is 45.4 Å². The van der Waals surface area contributed by atoms with Gasteiger partial charge >= 0.3 is 5.97 Å². The van der Waals surface area contributed by atoms with Crippen LogP contribution in [0.1, 0.15) is 10.4 Å². The second-order valence-corrected chi connectivity index (χ2v) is 5.80. The van der Waals surface area contributed by atoms with Crippen LogP contribution in [0.5, 0.6) is 23.0 Å². The molecule has 1 aliphatic heterocycles. The Morgan fingerprint density at radius 1 is 1.07 bits per heavy atom. The van der Waals surface area contributed by atoms with Gasteiger partial charge in [0.1, 0.15) is 11.3 Å². The van der Waals surface area contributed by atoms with Crippen molar-refractivity contribution < 1.29 is 33.1 Å². The van der Waals surface area contributed by atoms with Gasteiger partial charge in [0.15, 0.2) is 17.3 Å². The minimum absolute atomic E-state index is 0.113. The average Bonchev–Trinajstić information content (AvgIpc) is 3.41. The molecule has 0 atom stereocenters. The molecule has 4 rings (SSSR count). The van der Waals surface area contributed by atoms with E-state index in [2.05, 4.69) is 9.99 Å². The zero-order valence-corrected chi connectivity index (χ0v) is 15.1. The lowest BCUT2D eigenvalue weighted by Crippen LogP contribution is -2.11. The van der Waals surface area contributed by atoms with Gasteiger partial charge < -0.3 is 28.3 Å². The van der Waals surface area contributed by atoms with Crippen molar-refractivity contribution in [3.63, 3.8) is 0 Å². The third-order valence-electron chi connectivity index (χ3n) is 4.33. The first kappa shape index (κ1) is 17.7. The molecule has 0 bridgehead atoms. The molecule has 1 aromatic heterocycles. The zero-order valence-electron chi connectivity index (χ0n) is 15.1. The van der Waals surface area contributed by atoms with Crippen molar-refractivity contribution >= 4 is 5.97 Å². The second kappa shape index (κ2) is 7.12. The molecule has 0 aliphatic carbocycles. The van der Waals surface area contributed by atoms with Crippen molar-refractivity contribution in [1.29, 1.82) is 0 Å². The number of aromatic nitrogens is 1. The number of nitrogens with two attached hydrogens (primary N) is 1. The van der Waals surface area contributed by atoms with Crippen LogP contribution in [0, 0.1) is 0 Å². The minimum Gasteiger partial charge on any atom is -0.496 e. The molecule has 0 spiro atoms. The molecule has 3 aromatic rings. The molecule has 9 nitrogen and oxygen atoms in total. The maximum absolute atomic E-state index is 12.0. The van der Waals surface area contributed by atoms with Gasteiger partial charge in [-0.1, -0.05) is 11.2 Å². The van der Waals surface area contributed by atoms with Crippen LogP contribution in [-0.2, 0) is 4.84 Å². The highest BCUT2D eigenvalue weighted by Gasteiger charge is 2.24. The molecule has 0 fully saturated rings. The quantitative estimate of drug-likeness (QED) is 0.663. The topological polar surface area (TPSA) is 115 Å². The molecule has 28 heavy (non-hydrogen) atoms. The molecular formula is C19H16N2O7. The van der Waals surface area contributed by atoms with Gasteiger partial charge in [-0.25, -0.2) is 4.79 Å². The molecule has 0 saturated carbocycles.